The Morgan fingerprint density at radius 2 is 1.64 bits per heavy atom. The van der Waals surface area contributed by atoms with Crippen LogP contribution in [0.1, 0.15) is 47.9 Å². The number of hydrogen-bond acceptors (Lipinski definition) is 0. The zero-order valence-electron chi connectivity index (χ0n) is 15.9. The zero-order chi connectivity index (χ0) is 19.7. The number of rotatable bonds is 4. The van der Waals surface area contributed by atoms with Gasteiger partial charge in [-0.25, -0.2) is 13.2 Å². The van der Waals surface area contributed by atoms with Crippen molar-refractivity contribution in [2.75, 3.05) is 0 Å². The molecule has 3 aromatic carbocycles. The first-order chi connectivity index (χ1) is 13.6. The van der Waals surface area contributed by atoms with E-state index in [9.17, 15) is 8.78 Å². The second-order valence-electron chi connectivity index (χ2n) is 7.62. The highest BCUT2D eigenvalue weighted by Crippen LogP contribution is 2.38. The Hall–Kier alpha value is -2.55. The maximum absolute atomic E-state index is 15.1. The van der Waals surface area contributed by atoms with E-state index in [2.05, 4.69) is 31.2 Å². The van der Waals surface area contributed by atoms with E-state index in [1.165, 1.54) is 41.5 Å². The van der Waals surface area contributed by atoms with E-state index in [1.807, 2.05) is 0 Å². The highest BCUT2D eigenvalue weighted by atomic mass is 19.1. The molecule has 3 aromatic rings. The van der Waals surface area contributed by atoms with Crippen LogP contribution in [0.4, 0.5) is 13.2 Å². The van der Waals surface area contributed by atoms with Crippen LogP contribution in [0.5, 0.6) is 0 Å². The van der Waals surface area contributed by atoms with Crippen molar-refractivity contribution in [3.8, 4) is 11.1 Å². The van der Waals surface area contributed by atoms with Gasteiger partial charge >= 0.3 is 0 Å². The molecule has 0 spiro atoms. The van der Waals surface area contributed by atoms with Crippen LogP contribution in [0.25, 0.3) is 11.1 Å². The average molecular weight is 380 g/mol. The Labute approximate surface area is 164 Å². The lowest BCUT2D eigenvalue weighted by Gasteiger charge is -2.26. The molecule has 0 saturated heterocycles. The Kier molecular flexibility index (Phi) is 5.25. The van der Waals surface area contributed by atoms with Crippen molar-refractivity contribution in [2.45, 2.75) is 44.9 Å². The largest absolute Gasteiger partial charge is 0.207 e. The van der Waals surface area contributed by atoms with Gasteiger partial charge in [-0.1, -0.05) is 49.7 Å². The van der Waals surface area contributed by atoms with Crippen molar-refractivity contribution in [3.05, 3.63) is 94.3 Å². The van der Waals surface area contributed by atoms with Crippen LogP contribution in [0, 0.1) is 17.5 Å². The minimum atomic E-state index is -0.582. The molecule has 1 aliphatic carbocycles. The van der Waals surface area contributed by atoms with E-state index >= 15 is 4.39 Å². The molecule has 1 aliphatic rings. The van der Waals surface area contributed by atoms with Crippen molar-refractivity contribution in [1.82, 2.24) is 0 Å². The molecular weight excluding hydrogens is 357 g/mol. The van der Waals surface area contributed by atoms with Gasteiger partial charge in [0.1, 0.15) is 17.5 Å². The van der Waals surface area contributed by atoms with Gasteiger partial charge in [0.15, 0.2) is 0 Å². The smallest absolute Gasteiger partial charge is 0.137 e. The van der Waals surface area contributed by atoms with Gasteiger partial charge in [-0.3, -0.25) is 0 Å². The normalized spacial score (nSPS) is 16.1. The summed E-state index contributed by atoms with van der Waals surface area (Å²) < 4.78 is 43.1. The summed E-state index contributed by atoms with van der Waals surface area (Å²) in [4.78, 5) is 0. The number of benzene rings is 3. The quantitative estimate of drug-likeness (QED) is 0.457. The molecule has 144 valence electrons. The second-order valence-corrected chi connectivity index (χ2v) is 7.62. The number of halogens is 3. The van der Waals surface area contributed by atoms with Crippen molar-refractivity contribution in [3.63, 3.8) is 0 Å². The summed E-state index contributed by atoms with van der Waals surface area (Å²) in [5.41, 5.74) is 4.21. The maximum Gasteiger partial charge on any atom is 0.137 e. The van der Waals surface area contributed by atoms with E-state index in [4.69, 9.17) is 0 Å². The van der Waals surface area contributed by atoms with Crippen molar-refractivity contribution >= 4 is 0 Å². The average Bonchev–Trinajstić information content (AvgIpc) is 2.70. The summed E-state index contributed by atoms with van der Waals surface area (Å²) in [6, 6.07) is 15.4. The highest BCUT2D eigenvalue weighted by Gasteiger charge is 2.26. The Balaban J connectivity index is 1.64. The molecule has 0 aliphatic heterocycles. The summed E-state index contributed by atoms with van der Waals surface area (Å²) in [6.45, 7) is 2.16. The van der Waals surface area contributed by atoms with E-state index in [-0.39, 0.29) is 11.5 Å². The maximum atomic E-state index is 15.1. The van der Waals surface area contributed by atoms with E-state index < -0.39 is 17.5 Å². The third kappa shape index (κ3) is 3.58. The van der Waals surface area contributed by atoms with E-state index in [0.29, 0.717) is 24.0 Å². The van der Waals surface area contributed by atoms with Crippen LogP contribution in [-0.4, -0.2) is 0 Å². The summed E-state index contributed by atoms with van der Waals surface area (Å²) in [5.74, 6) is -1.23. The van der Waals surface area contributed by atoms with Gasteiger partial charge in [0.25, 0.3) is 0 Å². The number of fused-ring (bicyclic) bond motifs is 1. The SMILES string of the molecule is CCCc1ccc(C2CCc3c(cc(F)c(-c4ccc(F)cc4)c3F)C2)cc1. The first kappa shape index (κ1) is 18.8. The minimum Gasteiger partial charge on any atom is -0.207 e. The molecular formula is C25H23F3. The highest BCUT2D eigenvalue weighted by molar-refractivity contribution is 5.67. The van der Waals surface area contributed by atoms with Gasteiger partial charge in [-0.05, 0) is 77.6 Å². The molecule has 0 fully saturated rings. The number of hydrogen-bond donors (Lipinski definition) is 0. The molecule has 0 amide bonds. The Bertz CT molecular complexity index is 972. The fourth-order valence-electron chi connectivity index (χ4n) is 4.26. The molecule has 0 N–H and O–H groups in total. The molecule has 0 saturated carbocycles. The monoisotopic (exact) mass is 380 g/mol. The van der Waals surface area contributed by atoms with E-state index in [0.717, 1.165) is 24.8 Å². The summed E-state index contributed by atoms with van der Waals surface area (Å²) in [7, 11) is 0. The molecule has 0 bridgehead atoms. The van der Waals surface area contributed by atoms with E-state index in [1.54, 1.807) is 0 Å². The summed E-state index contributed by atoms with van der Waals surface area (Å²) >= 11 is 0. The van der Waals surface area contributed by atoms with Gasteiger partial charge < -0.3 is 0 Å². The van der Waals surface area contributed by atoms with Gasteiger partial charge in [0, 0.05) is 0 Å². The van der Waals surface area contributed by atoms with Crippen molar-refractivity contribution < 1.29 is 13.2 Å². The van der Waals surface area contributed by atoms with Crippen LogP contribution in [-0.2, 0) is 19.3 Å². The molecule has 0 aromatic heterocycles. The summed E-state index contributed by atoms with van der Waals surface area (Å²) in [6.07, 6.45) is 4.24. The Morgan fingerprint density at radius 1 is 0.929 bits per heavy atom. The third-order valence-electron chi connectivity index (χ3n) is 5.74. The van der Waals surface area contributed by atoms with Gasteiger partial charge in [-0.15, -0.1) is 0 Å². The number of aryl methyl sites for hydroxylation is 1. The van der Waals surface area contributed by atoms with Gasteiger partial charge in [0.05, 0.1) is 5.56 Å². The molecule has 0 heterocycles. The predicted molar refractivity (Wildman–Crippen MR) is 107 cm³/mol. The fourth-order valence-corrected chi connectivity index (χ4v) is 4.26. The van der Waals surface area contributed by atoms with Crippen LogP contribution in [0.15, 0.2) is 54.6 Å². The lowest BCUT2D eigenvalue weighted by Crippen LogP contribution is -2.15. The molecule has 0 nitrogen and oxygen atoms in total. The molecule has 1 unspecified atom stereocenters. The zero-order valence-corrected chi connectivity index (χ0v) is 15.9. The first-order valence-corrected chi connectivity index (χ1v) is 9.91. The topological polar surface area (TPSA) is 0 Å². The molecule has 28 heavy (non-hydrogen) atoms. The molecule has 4 rings (SSSR count). The fraction of sp³-hybridized carbons (Fsp3) is 0.280. The third-order valence-corrected chi connectivity index (χ3v) is 5.74. The minimum absolute atomic E-state index is 0.0545. The van der Waals surface area contributed by atoms with Crippen molar-refractivity contribution in [2.24, 2.45) is 0 Å². The lowest BCUT2D eigenvalue weighted by molar-refractivity contribution is 0.526. The van der Waals surface area contributed by atoms with Gasteiger partial charge in [-0.2, -0.15) is 0 Å². The lowest BCUT2D eigenvalue weighted by atomic mass is 9.78. The second kappa shape index (κ2) is 7.83. The van der Waals surface area contributed by atoms with Crippen LogP contribution < -0.4 is 0 Å². The van der Waals surface area contributed by atoms with Crippen molar-refractivity contribution in [1.29, 1.82) is 0 Å². The van der Waals surface area contributed by atoms with Crippen LogP contribution in [0.3, 0.4) is 0 Å². The standard InChI is InChI=1S/C25H23F3/c1-2-3-16-4-6-17(7-5-16)19-10-13-22-20(14-19)15-23(27)24(25(22)28)18-8-11-21(26)12-9-18/h4-9,11-12,15,19H,2-3,10,13-14H2,1H3. The molecule has 0 radical (unpaired) electrons. The van der Waals surface area contributed by atoms with Crippen LogP contribution >= 0.6 is 0 Å². The first-order valence-electron chi connectivity index (χ1n) is 9.91. The molecule has 1 atom stereocenters. The Morgan fingerprint density at radius 3 is 2.32 bits per heavy atom. The van der Waals surface area contributed by atoms with Crippen LogP contribution in [0.2, 0.25) is 0 Å². The van der Waals surface area contributed by atoms with Gasteiger partial charge in [0.2, 0.25) is 0 Å². The molecule has 3 heteroatoms. The summed E-state index contributed by atoms with van der Waals surface area (Å²) in [5, 5.41) is 0. The predicted octanol–water partition coefficient (Wildman–Crippen LogP) is 7.00.